The number of aliphatic hydroxyl groups is 2. The van der Waals surface area contributed by atoms with E-state index in [9.17, 15) is 43.5 Å². The highest BCUT2D eigenvalue weighted by atomic mass is 31.2. The molecule has 0 aromatic heterocycles. The molecule has 0 saturated carbocycles. The molecular formula is C103H174O16P2. The number of carbonyl (C=O) groups is 3. The van der Waals surface area contributed by atoms with Crippen molar-refractivity contribution >= 4 is 33.6 Å². The Balaban J connectivity index is 4.62. The van der Waals surface area contributed by atoms with Gasteiger partial charge in [-0.05, 0) is 161 Å². The van der Waals surface area contributed by atoms with Gasteiger partial charge in [0, 0.05) is 19.3 Å². The Kier molecular flexibility index (Phi) is 89.6. The summed E-state index contributed by atoms with van der Waals surface area (Å²) < 4.78 is 61.6. The predicted molar refractivity (Wildman–Crippen MR) is 509 cm³/mol. The molecule has 0 aliphatic rings. The van der Waals surface area contributed by atoms with Crippen molar-refractivity contribution in [2.75, 3.05) is 39.6 Å². The Morgan fingerprint density at radius 3 is 0.694 bits per heavy atom. The zero-order chi connectivity index (χ0) is 87.9. The SMILES string of the molecule is CC/C=C\C/C=C\C/C=C\C/C=C\C/C=C\C/C=C\CCCCCCCCCCCCCCC(=O)OCC(O)COP(=O)(O)OCC(O)COP(=O)(O)OCC(COC(=O)CCCCCCCCCCCCCCCCC/C=C\C/C=C\C/C=C\C/C=C\CCCCC)OC(=O)CCCCCCCCC/C=C\C/C=C\C/C=C\C/C=C\C/C=C\CC. The molecule has 692 valence electrons. The molecule has 0 bridgehead atoms. The van der Waals surface area contributed by atoms with Crippen LogP contribution in [0.15, 0.2) is 182 Å². The third-order valence-electron chi connectivity index (χ3n) is 20.1. The lowest BCUT2D eigenvalue weighted by Crippen LogP contribution is -2.30. The Bertz CT molecular complexity index is 2930. The second-order valence-electron chi connectivity index (χ2n) is 31.8. The summed E-state index contributed by atoms with van der Waals surface area (Å²) >= 11 is 0. The van der Waals surface area contributed by atoms with Gasteiger partial charge in [-0.3, -0.25) is 32.5 Å². The summed E-state index contributed by atoms with van der Waals surface area (Å²) in [6.07, 6.45) is 124. The fraction of sp³-hybridized carbons (Fsp3) is 0.680. The number of phosphoric ester groups is 2. The number of hydrogen-bond acceptors (Lipinski definition) is 14. The van der Waals surface area contributed by atoms with E-state index in [2.05, 4.69) is 203 Å². The minimum atomic E-state index is -4.95. The zero-order valence-corrected chi connectivity index (χ0v) is 78.2. The molecule has 0 rings (SSSR count). The average molecular weight is 1730 g/mol. The lowest BCUT2D eigenvalue weighted by Gasteiger charge is -2.21. The van der Waals surface area contributed by atoms with Gasteiger partial charge in [0.05, 0.1) is 26.4 Å². The Morgan fingerprint density at radius 1 is 0.240 bits per heavy atom. The van der Waals surface area contributed by atoms with Gasteiger partial charge < -0.3 is 34.2 Å². The van der Waals surface area contributed by atoms with Crippen LogP contribution in [0.1, 0.15) is 393 Å². The van der Waals surface area contributed by atoms with E-state index in [1.165, 1.54) is 154 Å². The van der Waals surface area contributed by atoms with Gasteiger partial charge in [-0.2, -0.15) is 0 Å². The molecule has 0 heterocycles. The maximum atomic E-state index is 13.1. The van der Waals surface area contributed by atoms with Crippen molar-refractivity contribution in [2.24, 2.45) is 0 Å². The molecule has 5 unspecified atom stereocenters. The van der Waals surface area contributed by atoms with E-state index in [1.807, 2.05) is 0 Å². The molecule has 18 heteroatoms. The minimum Gasteiger partial charge on any atom is -0.463 e. The second kappa shape index (κ2) is 93.8. The summed E-state index contributed by atoms with van der Waals surface area (Å²) in [5.41, 5.74) is 0. The molecule has 0 radical (unpaired) electrons. The number of carbonyl (C=O) groups excluding carboxylic acids is 3. The first-order chi connectivity index (χ1) is 59.2. The van der Waals surface area contributed by atoms with E-state index < -0.39 is 91.5 Å². The van der Waals surface area contributed by atoms with Crippen molar-refractivity contribution in [3.8, 4) is 0 Å². The number of hydrogen-bond donors (Lipinski definition) is 4. The van der Waals surface area contributed by atoms with E-state index in [-0.39, 0.29) is 19.3 Å². The normalized spacial score (nSPS) is 14.5. The van der Waals surface area contributed by atoms with E-state index in [4.69, 9.17) is 32.3 Å². The summed E-state index contributed by atoms with van der Waals surface area (Å²) in [5, 5.41) is 20.8. The highest BCUT2D eigenvalue weighted by Crippen LogP contribution is 2.45. The van der Waals surface area contributed by atoms with Crippen molar-refractivity contribution in [3.63, 3.8) is 0 Å². The fourth-order valence-corrected chi connectivity index (χ4v) is 14.5. The summed E-state index contributed by atoms with van der Waals surface area (Å²) in [6, 6.07) is 0. The molecule has 121 heavy (non-hydrogen) atoms. The summed E-state index contributed by atoms with van der Waals surface area (Å²) in [6.45, 7) is 2.46. The van der Waals surface area contributed by atoms with E-state index in [0.717, 1.165) is 180 Å². The predicted octanol–water partition coefficient (Wildman–Crippen LogP) is 30.0. The second-order valence-corrected chi connectivity index (χ2v) is 34.7. The van der Waals surface area contributed by atoms with Crippen LogP contribution in [0.3, 0.4) is 0 Å². The van der Waals surface area contributed by atoms with Crippen LogP contribution in [0.5, 0.6) is 0 Å². The molecule has 0 aromatic rings. The average Bonchev–Trinajstić information content (AvgIpc) is 0.884. The van der Waals surface area contributed by atoms with Crippen molar-refractivity contribution in [3.05, 3.63) is 182 Å². The molecule has 4 N–H and O–H groups in total. The van der Waals surface area contributed by atoms with Gasteiger partial charge in [0.15, 0.2) is 6.10 Å². The van der Waals surface area contributed by atoms with Crippen molar-refractivity contribution in [1.29, 1.82) is 0 Å². The van der Waals surface area contributed by atoms with Crippen molar-refractivity contribution < 1.29 is 75.8 Å². The molecule has 0 aliphatic heterocycles. The monoisotopic (exact) mass is 1730 g/mol. The maximum Gasteiger partial charge on any atom is 0.472 e. The molecule has 5 atom stereocenters. The number of esters is 3. The number of unbranched alkanes of at least 4 members (excludes halogenated alkanes) is 37. The van der Waals surface area contributed by atoms with Crippen LogP contribution in [0.25, 0.3) is 0 Å². The summed E-state index contributed by atoms with van der Waals surface area (Å²) in [5.74, 6) is -1.58. The Labute approximate surface area is 738 Å². The summed E-state index contributed by atoms with van der Waals surface area (Å²) in [7, 11) is -9.82. The molecule has 0 fully saturated rings. The highest BCUT2D eigenvalue weighted by molar-refractivity contribution is 7.47. The molecule has 16 nitrogen and oxygen atoms in total. The topological polar surface area (TPSA) is 231 Å². The third kappa shape index (κ3) is 95.2. The first-order valence-electron chi connectivity index (χ1n) is 48.1. The number of rotatable bonds is 90. The van der Waals surface area contributed by atoms with Gasteiger partial charge >= 0.3 is 33.6 Å². The number of phosphoric acid groups is 2. The Hall–Kier alpha value is -5.35. The van der Waals surface area contributed by atoms with Gasteiger partial charge in [0.25, 0.3) is 0 Å². The molecule has 0 saturated heterocycles. The van der Waals surface area contributed by atoms with E-state index in [0.29, 0.717) is 19.3 Å². The standard InChI is InChI=1S/C103H174O16P2/c1-4-7-10-13-16-19-22-25-28-31-34-37-40-42-44-46-48-50-52-54-57-59-62-65-68-71-74-77-80-83-86-89-101(106)113-92-98(104)93-115-120(109,110)116-94-99(105)95-117-121(111,112)118-97-100(119-103(108)91-88-85-82-79-76-73-70-67-64-61-56-39-36-33-30-27-24-21-18-15-12-9-6-3)96-114-102(107)90-87-84-81-78-75-72-69-66-63-60-58-55-53-51-49-47-45-43-41-38-35-32-29-26-23-20-17-14-11-8-5-2/h7,9-10,12,16-21,25-30,34-39,42-45,48,50,61,64,98-100,104-105H,4-6,8,11,13-15,22-24,31-33,40-41,46-47,49,51-60,62-63,65-97H2,1-3H3,(H,109,110)(H,111,112)/b10-7-,12-9-,19-16-,20-17-,21-18-,28-25-,29-26-,30-27-,37-34-,38-35-,39-36-,44-42-,45-43-,50-48-,64-61-. The molecule has 0 spiro atoms. The number of ether oxygens (including phenoxy) is 3. The van der Waals surface area contributed by atoms with Crippen LogP contribution < -0.4 is 0 Å². The first-order valence-corrected chi connectivity index (χ1v) is 51.1. The van der Waals surface area contributed by atoms with Crippen molar-refractivity contribution in [2.45, 2.75) is 411 Å². The lowest BCUT2D eigenvalue weighted by atomic mass is 10.0. The van der Waals surface area contributed by atoms with Crippen LogP contribution in [0, 0.1) is 0 Å². The fourth-order valence-electron chi connectivity index (χ4n) is 12.9. The molecule has 0 amide bonds. The summed E-state index contributed by atoms with van der Waals surface area (Å²) in [4.78, 5) is 59.1. The van der Waals surface area contributed by atoms with Gasteiger partial charge in [0.2, 0.25) is 0 Å². The maximum absolute atomic E-state index is 13.1. The Morgan fingerprint density at radius 2 is 0.438 bits per heavy atom. The van der Waals surface area contributed by atoms with Gasteiger partial charge in [-0.15, -0.1) is 0 Å². The van der Waals surface area contributed by atoms with E-state index in [1.54, 1.807) is 0 Å². The van der Waals surface area contributed by atoms with Gasteiger partial charge in [-0.25, -0.2) is 9.13 Å². The van der Waals surface area contributed by atoms with E-state index >= 15 is 0 Å². The van der Waals surface area contributed by atoms with Crippen LogP contribution in [0.4, 0.5) is 0 Å². The largest absolute Gasteiger partial charge is 0.472 e. The van der Waals surface area contributed by atoms with Crippen molar-refractivity contribution in [1.82, 2.24) is 0 Å². The highest BCUT2D eigenvalue weighted by Gasteiger charge is 2.30. The lowest BCUT2D eigenvalue weighted by molar-refractivity contribution is -0.161. The van der Waals surface area contributed by atoms with Gasteiger partial charge in [-0.1, -0.05) is 396 Å². The number of aliphatic hydroxyl groups excluding tert-OH is 2. The third-order valence-corrected chi connectivity index (χ3v) is 22.0. The smallest absolute Gasteiger partial charge is 0.463 e. The van der Waals surface area contributed by atoms with Crippen LogP contribution >= 0.6 is 15.6 Å². The molecular weight excluding hydrogens is 1560 g/mol. The van der Waals surface area contributed by atoms with Crippen LogP contribution in [-0.4, -0.2) is 95.9 Å². The van der Waals surface area contributed by atoms with Gasteiger partial charge in [0.1, 0.15) is 25.4 Å². The van der Waals surface area contributed by atoms with Crippen LogP contribution in [0.2, 0.25) is 0 Å². The number of allylic oxidation sites excluding steroid dienone is 30. The molecule has 0 aromatic carbocycles. The minimum absolute atomic E-state index is 0.0874. The van der Waals surface area contributed by atoms with Crippen LogP contribution in [-0.2, 0) is 55.8 Å². The quantitative estimate of drug-likeness (QED) is 0.0146. The zero-order valence-electron chi connectivity index (χ0n) is 76.4. The molecule has 0 aliphatic carbocycles. The first kappa shape index (κ1) is 116.